The van der Waals surface area contributed by atoms with Gasteiger partial charge < -0.3 is 19.5 Å². The Morgan fingerprint density at radius 1 is 1.09 bits per heavy atom. The molecule has 0 aliphatic carbocycles. The molecule has 1 amide bonds. The van der Waals surface area contributed by atoms with E-state index in [2.05, 4.69) is 15.3 Å². The molecule has 1 aliphatic heterocycles. The quantitative estimate of drug-likeness (QED) is 0.510. The molecule has 10 nitrogen and oxygen atoms in total. The Morgan fingerprint density at radius 3 is 2.58 bits per heavy atom. The molecule has 3 aromatic rings. The van der Waals surface area contributed by atoms with Crippen molar-refractivity contribution in [2.24, 2.45) is 5.14 Å². The van der Waals surface area contributed by atoms with Crippen LogP contribution in [0.2, 0.25) is 0 Å². The molecule has 4 rings (SSSR count). The van der Waals surface area contributed by atoms with Gasteiger partial charge in [0.1, 0.15) is 11.9 Å². The summed E-state index contributed by atoms with van der Waals surface area (Å²) < 4.78 is 39.4. The van der Waals surface area contributed by atoms with Gasteiger partial charge in [0.2, 0.25) is 22.2 Å². The summed E-state index contributed by atoms with van der Waals surface area (Å²) in [5.41, 5.74) is 1.81. The molecule has 3 N–H and O–H groups in total. The number of sulfonamides is 1. The molecular formula is C22H20N4O6S. The minimum absolute atomic E-state index is 0.00211. The van der Waals surface area contributed by atoms with Crippen LogP contribution in [0.3, 0.4) is 0 Å². The summed E-state index contributed by atoms with van der Waals surface area (Å²) in [6, 6.07) is 15.5. The first-order valence-electron chi connectivity index (χ1n) is 9.82. The Morgan fingerprint density at radius 2 is 1.85 bits per heavy atom. The van der Waals surface area contributed by atoms with E-state index < -0.39 is 22.2 Å². The van der Waals surface area contributed by atoms with Gasteiger partial charge in [0.05, 0.1) is 4.90 Å². The zero-order chi connectivity index (χ0) is 23.3. The van der Waals surface area contributed by atoms with E-state index in [1.54, 1.807) is 12.1 Å². The number of carbonyl (C=O) groups excluding carboxylic acids is 1. The molecular weight excluding hydrogens is 448 g/mol. The van der Waals surface area contributed by atoms with E-state index in [4.69, 9.17) is 19.3 Å². The molecule has 0 radical (unpaired) electrons. The van der Waals surface area contributed by atoms with Gasteiger partial charge >= 0.3 is 5.95 Å². The Bertz CT molecular complexity index is 1260. The van der Waals surface area contributed by atoms with Crippen molar-refractivity contribution in [2.75, 3.05) is 0 Å². The number of nitrogens with zero attached hydrogens (tertiary/aromatic N) is 2. The predicted molar refractivity (Wildman–Crippen MR) is 116 cm³/mol. The maximum absolute atomic E-state index is 12.7. The molecule has 0 saturated heterocycles. The van der Waals surface area contributed by atoms with Crippen LogP contribution >= 0.6 is 0 Å². The van der Waals surface area contributed by atoms with Crippen LogP contribution in [0.15, 0.2) is 84.2 Å². The second-order valence-electron chi connectivity index (χ2n) is 7.03. The Balaban J connectivity index is 1.36. The third-order valence-electron chi connectivity index (χ3n) is 4.63. The van der Waals surface area contributed by atoms with Gasteiger partial charge in [-0.2, -0.15) is 0 Å². The van der Waals surface area contributed by atoms with Crippen molar-refractivity contribution in [1.82, 2.24) is 15.3 Å². The number of carbonyl (C=O) groups is 1. The van der Waals surface area contributed by atoms with Crippen LogP contribution in [0, 0.1) is 0 Å². The molecule has 1 unspecified atom stereocenters. The molecule has 1 atom stereocenters. The SMILES string of the molecule is NS(=O)(=O)c1ccc(CNC(=O)c2cncnc2OC2=COC(Cc3ccccc3)O2)cc1. The lowest BCUT2D eigenvalue weighted by molar-refractivity contribution is -0.0525. The number of nitrogens with two attached hydrogens (primary N) is 1. The van der Waals surface area contributed by atoms with Crippen LogP contribution in [0.5, 0.6) is 5.88 Å². The van der Waals surface area contributed by atoms with E-state index in [0.717, 1.165) is 5.56 Å². The molecule has 1 aliphatic rings. The van der Waals surface area contributed by atoms with Crippen molar-refractivity contribution >= 4 is 15.9 Å². The number of amides is 1. The van der Waals surface area contributed by atoms with Crippen LogP contribution < -0.4 is 15.2 Å². The molecule has 0 bridgehead atoms. The number of rotatable bonds is 8. The number of ether oxygens (including phenoxy) is 3. The average molecular weight is 468 g/mol. The molecule has 0 fully saturated rings. The monoisotopic (exact) mass is 468 g/mol. The Kier molecular flexibility index (Phi) is 6.52. The zero-order valence-corrected chi connectivity index (χ0v) is 18.1. The van der Waals surface area contributed by atoms with Crippen molar-refractivity contribution in [2.45, 2.75) is 24.2 Å². The molecule has 0 saturated carbocycles. The highest BCUT2D eigenvalue weighted by molar-refractivity contribution is 7.89. The molecule has 2 aromatic carbocycles. The fourth-order valence-corrected chi connectivity index (χ4v) is 3.50. The van der Waals surface area contributed by atoms with Gasteiger partial charge in [-0.05, 0) is 23.3 Å². The number of aromatic nitrogens is 2. The third kappa shape index (κ3) is 5.84. The largest absolute Gasteiger partial charge is 0.455 e. The highest BCUT2D eigenvalue weighted by atomic mass is 32.2. The van der Waals surface area contributed by atoms with Crippen LogP contribution in [0.25, 0.3) is 0 Å². The lowest BCUT2D eigenvalue weighted by Gasteiger charge is -2.13. The fraction of sp³-hybridized carbons (Fsp3) is 0.136. The first-order valence-corrected chi connectivity index (χ1v) is 11.4. The lowest BCUT2D eigenvalue weighted by Crippen LogP contribution is -2.24. The summed E-state index contributed by atoms with van der Waals surface area (Å²) in [7, 11) is -3.78. The number of nitrogens with one attached hydrogen (secondary N) is 1. The van der Waals surface area contributed by atoms with E-state index in [1.165, 1.54) is 30.9 Å². The zero-order valence-electron chi connectivity index (χ0n) is 17.2. The van der Waals surface area contributed by atoms with Crippen LogP contribution in [-0.2, 0) is 32.5 Å². The summed E-state index contributed by atoms with van der Waals surface area (Å²) in [5.74, 6) is -0.411. The average Bonchev–Trinajstić information content (AvgIpc) is 3.25. The van der Waals surface area contributed by atoms with E-state index in [0.29, 0.717) is 12.0 Å². The normalized spacial score (nSPS) is 15.2. The molecule has 11 heteroatoms. The fourth-order valence-electron chi connectivity index (χ4n) is 2.99. The topological polar surface area (TPSA) is 143 Å². The smallest absolute Gasteiger partial charge is 0.325 e. The Hall–Kier alpha value is -3.96. The van der Waals surface area contributed by atoms with Gasteiger partial charge in [0.15, 0.2) is 6.26 Å². The van der Waals surface area contributed by atoms with E-state index >= 15 is 0 Å². The first-order chi connectivity index (χ1) is 15.9. The van der Waals surface area contributed by atoms with Gasteiger partial charge in [0, 0.05) is 19.2 Å². The maximum Gasteiger partial charge on any atom is 0.325 e. The van der Waals surface area contributed by atoms with Crippen LogP contribution in [0.1, 0.15) is 21.5 Å². The van der Waals surface area contributed by atoms with Crippen LogP contribution in [0.4, 0.5) is 0 Å². The lowest BCUT2D eigenvalue weighted by atomic mass is 10.1. The molecule has 0 spiro atoms. The predicted octanol–water partition coefficient (Wildman–Crippen LogP) is 1.85. The minimum Gasteiger partial charge on any atom is -0.455 e. The van der Waals surface area contributed by atoms with Gasteiger partial charge in [-0.25, -0.2) is 23.5 Å². The number of primary sulfonamides is 1. The standard InChI is InChI=1S/C22H20N4O6S/c23-33(28,29)17-8-6-16(7-9-17)11-25-21(27)18-12-24-14-26-22(18)32-20-13-30-19(31-20)10-15-4-2-1-3-5-15/h1-9,12-14,19H,10-11H2,(H,25,27)(H2,23,28,29). The van der Waals surface area contributed by atoms with E-state index in [1.807, 2.05) is 30.3 Å². The summed E-state index contributed by atoms with van der Waals surface area (Å²) in [6.07, 6.45) is 3.85. The summed E-state index contributed by atoms with van der Waals surface area (Å²) in [4.78, 5) is 20.6. The molecule has 2 heterocycles. The summed E-state index contributed by atoms with van der Waals surface area (Å²) >= 11 is 0. The minimum atomic E-state index is -3.78. The van der Waals surface area contributed by atoms with Gasteiger partial charge in [-0.1, -0.05) is 42.5 Å². The highest BCUT2D eigenvalue weighted by Crippen LogP contribution is 2.23. The Labute approximate surface area is 190 Å². The highest BCUT2D eigenvalue weighted by Gasteiger charge is 2.24. The van der Waals surface area contributed by atoms with Gasteiger partial charge in [-0.15, -0.1) is 0 Å². The first kappa shape index (κ1) is 22.2. The van der Waals surface area contributed by atoms with Crippen molar-refractivity contribution in [3.05, 3.63) is 96.0 Å². The van der Waals surface area contributed by atoms with Crippen molar-refractivity contribution < 1.29 is 27.4 Å². The van der Waals surface area contributed by atoms with E-state index in [9.17, 15) is 13.2 Å². The second kappa shape index (κ2) is 9.67. The summed E-state index contributed by atoms with van der Waals surface area (Å²) in [6.45, 7) is 0.138. The molecule has 1 aromatic heterocycles. The third-order valence-corrected chi connectivity index (χ3v) is 5.56. The van der Waals surface area contributed by atoms with Crippen LogP contribution in [-0.4, -0.2) is 30.6 Å². The summed E-state index contributed by atoms with van der Waals surface area (Å²) in [5, 5.41) is 7.80. The number of benzene rings is 2. The number of hydrogen-bond acceptors (Lipinski definition) is 8. The van der Waals surface area contributed by atoms with Crippen molar-refractivity contribution in [3.8, 4) is 5.88 Å². The van der Waals surface area contributed by atoms with Gasteiger partial charge in [0.25, 0.3) is 5.91 Å². The second-order valence-corrected chi connectivity index (χ2v) is 8.59. The molecule has 170 valence electrons. The van der Waals surface area contributed by atoms with Crippen molar-refractivity contribution in [3.63, 3.8) is 0 Å². The number of hydrogen-bond donors (Lipinski definition) is 2. The van der Waals surface area contributed by atoms with E-state index in [-0.39, 0.29) is 28.8 Å². The maximum atomic E-state index is 12.7. The molecule has 33 heavy (non-hydrogen) atoms. The van der Waals surface area contributed by atoms with Gasteiger partial charge in [-0.3, -0.25) is 4.79 Å². The van der Waals surface area contributed by atoms with Crippen molar-refractivity contribution in [1.29, 1.82) is 0 Å².